The van der Waals surface area contributed by atoms with Crippen LogP contribution in [0.25, 0.3) is 0 Å². The third-order valence-corrected chi connectivity index (χ3v) is 5.55. The number of hydrogen-bond donors (Lipinski definition) is 2. The minimum atomic E-state index is 0.109. The quantitative estimate of drug-likeness (QED) is 0.564. The molecule has 1 aliphatic heterocycles. The Hall–Kier alpha value is -1.95. The minimum Gasteiger partial charge on any atom is -0.370 e. The molecule has 3 rings (SSSR count). The van der Waals surface area contributed by atoms with Crippen molar-refractivity contribution in [2.75, 3.05) is 46.4 Å². The van der Waals surface area contributed by atoms with Gasteiger partial charge in [0.15, 0.2) is 5.11 Å². The molecular weight excluding hydrogens is 354 g/mol. The number of nitrogens with zero attached hydrogens (tertiary/aromatic N) is 1. The van der Waals surface area contributed by atoms with Gasteiger partial charge in [0.2, 0.25) is 0 Å². The van der Waals surface area contributed by atoms with Crippen molar-refractivity contribution in [1.82, 2.24) is 10.2 Å². The molecule has 0 aliphatic carbocycles. The third kappa shape index (κ3) is 5.76. The van der Waals surface area contributed by atoms with Gasteiger partial charge in [0.25, 0.3) is 0 Å². The zero-order valence-corrected chi connectivity index (χ0v) is 16.9. The molecule has 4 nitrogen and oxygen atoms in total. The molecule has 1 saturated heterocycles. The van der Waals surface area contributed by atoms with Gasteiger partial charge in [0.1, 0.15) is 13.1 Å². The summed E-state index contributed by atoms with van der Waals surface area (Å²) >= 11 is 5.71. The van der Waals surface area contributed by atoms with E-state index in [0.717, 1.165) is 44.4 Å². The molecule has 2 aromatic carbocycles. The van der Waals surface area contributed by atoms with E-state index in [-0.39, 0.29) is 6.04 Å². The second-order valence-corrected chi connectivity index (χ2v) is 7.42. The van der Waals surface area contributed by atoms with Gasteiger partial charge in [-0.2, -0.15) is 0 Å². The van der Waals surface area contributed by atoms with Crippen molar-refractivity contribution in [3.05, 3.63) is 71.8 Å². The van der Waals surface area contributed by atoms with E-state index in [0.29, 0.717) is 0 Å². The average molecular weight is 385 g/mol. The van der Waals surface area contributed by atoms with Gasteiger partial charge < -0.3 is 19.9 Å². The molecule has 0 radical (unpaired) electrons. The number of quaternary nitrogens is 1. The molecule has 1 fully saturated rings. The number of hydrogen-bond acceptors (Lipinski definition) is 2. The molecule has 1 heterocycles. The summed E-state index contributed by atoms with van der Waals surface area (Å²) in [6.07, 6.45) is 1.12. The van der Waals surface area contributed by atoms with Crippen LogP contribution in [0.3, 0.4) is 0 Å². The Morgan fingerprint density at radius 1 is 1.04 bits per heavy atom. The van der Waals surface area contributed by atoms with Gasteiger partial charge in [-0.05, 0) is 23.3 Å². The molecule has 0 aromatic heterocycles. The van der Waals surface area contributed by atoms with Crippen LogP contribution in [0, 0.1) is 0 Å². The summed E-state index contributed by atoms with van der Waals surface area (Å²) in [6, 6.07) is 21.2. The van der Waals surface area contributed by atoms with E-state index < -0.39 is 0 Å². The van der Waals surface area contributed by atoms with Crippen molar-refractivity contribution in [2.24, 2.45) is 0 Å². The van der Waals surface area contributed by atoms with Crippen LogP contribution in [-0.2, 0) is 4.74 Å². The van der Waals surface area contributed by atoms with Crippen LogP contribution in [-0.4, -0.2) is 56.5 Å². The van der Waals surface area contributed by atoms with Crippen LogP contribution in [0.5, 0.6) is 0 Å². The number of morpholine rings is 1. The van der Waals surface area contributed by atoms with Gasteiger partial charge >= 0.3 is 0 Å². The monoisotopic (exact) mass is 384 g/mol. The predicted molar refractivity (Wildman–Crippen MR) is 114 cm³/mol. The molecule has 0 bridgehead atoms. The van der Waals surface area contributed by atoms with E-state index in [9.17, 15) is 0 Å². The first-order valence-electron chi connectivity index (χ1n) is 9.77. The lowest BCUT2D eigenvalue weighted by atomic mass is 9.98. The highest BCUT2D eigenvalue weighted by atomic mass is 32.1. The van der Waals surface area contributed by atoms with E-state index >= 15 is 0 Å². The zero-order chi connectivity index (χ0) is 18.9. The van der Waals surface area contributed by atoms with Gasteiger partial charge in [0.05, 0.1) is 25.8 Å². The molecule has 1 aliphatic rings. The Bertz CT molecular complexity index is 650. The number of rotatable bonds is 7. The number of nitrogens with one attached hydrogen (secondary N) is 2. The summed E-state index contributed by atoms with van der Waals surface area (Å²) < 4.78 is 5.42. The molecule has 0 spiro atoms. The fourth-order valence-corrected chi connectivity index (χ4v) is 3.80. The Balaban J connectivity index is 1.58. The van der Waals surface area contributed by atoms with Crippen LogP contribution in [0.4, 0.5) is 0 Å². The second kappa shape index (κ2) is 10.4. The van der Waals surface area contributed by atoms with E-state index in [1.807, 2.05) is 0 Å². The summed E-state index contributed by atoms with van der Waals surface area (Å²) in [5.74, 6) is 0. The van der Waals surface area contributed by atoms with E-state index in [4.69, 9.17) is 17.0 Å². The van der Waals surface area contributed by atoms with E-state index in [1.165, 1.54) is 17.7 Å². The van der Waals surface area contributed by atoms with Gasteiger partial charge in [-0.1, -0.05) is 60.7 Å². The second-order valence-electron chi connectivity index (χ2n) is 7.03. The fraction of sp³-hybridized carbons (Fsp3) is 0.409. The fourth-order valence-electron chi connectivity index (χ4n) is 3.60. The molecular formula is C22H30N3OS+. The Morgan fingerprint density at radius 2 is 1.59 bits per heavy atom. The summed E-state index contributed by atoms with van der Waals surface area (Å²) in [6.45, 7) is 6.09. The smallest absolute Gasteiger partial charge is 0.169 e. The average Bonchev–Trinajstić information content (AvgIpc) is 2.73. The molecule has 0 unspecified atom stereocenters. The highest BCUT2D eigenvalue weighted by Crippen LogP contribution is 2.27. The summed E-state index contributed by atoms with van der Waals surface area (Å²) in [5.41, 5.74) is 2.49. The standard InChI is InChI=1S/C22H29N3OS/c1-24(22(27)23-13-8-14-25-15-17-26-18-16-25)21(19-9-4-2-5-10-19)20-11-6-3-7-12-20/h2-7,9-12,21H,8,13-18H2,1H3,(H,23,27)/p+1. The largest absolute Gasteiger partial charge is 0.370 e. The summed E-state index contributed by atoms with van der Waals surface area (Å²) in [7, 11) is 2.08. The normalized spacial score (nSPS) is 14.9. The lowest BCUT2D eigenvalue weighted by molar-refractivity contribution is -0.908. The van der Waals surface area contributed by atoms with Crippen molar-refractivity contribution in [2.45, 2.75) is 12.5 Å². The van der Waals surface area contributed by atoms with E-state index in [1.54, 1.807) is 4.90 Å². The molecule has 5 heteroatoms. The number of benzene rings is 2. The maximum Gasteiger partial charge on any atom is 0.169 e. The highest BCUT2D eigenvalue weighted by molar-refractivity contribution is 7.80. The molecule has 0 amide bonds. The summed E-state index contributed by atoms with van der Waals surface area (Å²) in [4.78, 5) is 3.80. The number of ether oxygens (including phenoxy) is 1. The lowest BCUT2D eigenvalue weighted by Gasteiger charge is -2.31. The van der Waals surface area contributed by atoms with Gasteiger partial charge in [-0.15, -0.1) is 0 Å². The Labute approximate surface area is 168 Å². The van der Waals surface area contributed by atoms with Gasteiger partial charge in [0, 0.05) is 20.0 Å². The topological polar surface area (TPSA) is 28.9 Å². The maximum atomic E-state index is 5.71. The summed E-state index contributed by atoms with van der Waals surface area (Å²) in [5, 5.41) is 4.25. The maximum absolute atomic E-state index is 5.71. The molecule has 144 valence electrons. The van der Waals surface area contributed by atoms with E-state index in [2.05, 4.69) is 77.9 Å². The molecule has 27 heavy (non-hydrogen) atoms. The van der Waals surface area contributed by atoms with Crippen LogP contribution >= 0.6 is 12.2 Å². The zero-order valence-electron chi connectivity index (χ0n) is 16.1. The van der Waals surface area contributed by atoms with Crippen LogP contribution in [0.2, 0.25) is 0 Å². The first-order valence-corrected chi connectivity index (χ1v) is 10.2. The Kier molecular flexibility index (Phi) is 7.63. The first kappa shape index (κ1) is 19.8. The third-order valence-electron chi connectivity index (χ3n) is 5.12. The lowest BCUT2D eigenvalue weighted by Crippen LogP contribution is -3.14. The van der Waals surface area contributed by atoms with Gasteiger partial charge in [-0.3, -0.25) is 0 Å². The molecule has 2 N–H and O–H groups in total. The number of thiocarbonyl (C=S) groups is 1. The highest BCUT2D eigenvalue weighted by Gasteiger charge is 2.21. The van der Waals surface area contributed by atoms with Crippen molar-refractivity contribution >= 4 is 17.3 Å². The Morgan fingerprint density at radius 3 is 2.15 bits per heavy atom. The molecule has 0 saturated carbocycles. The predicted octanol–water partition coefficient (Wildman–Crippen LogP) is 1.89. The molecule has 2 aromatic rings. The first-order chi connectivity index (χ1) is 13.3. The minimum absolute atomic E-state index is 0.109. The molecule has 0 atom stereocenters. The van der Waals surface area contributed by atoms with Gasteiger partial charge in [-0.25, -0.2) is 0 Å². The van der Waals surface area contributed by atoms with Crippen LogP contribution in [0.15, 0.2) is 60.7 Å². The van der Waals surface area contributed by atoms with Crippen LogP contribution < -0.4 is 10.2 Å². The van der Waals surface area contributed by atoms with Crippen molar-refractivity contribution in [1.29, 1.82) is 0 Å². The SMILES string of the molecule is CN(C(=S)NCCC[NH+]1CCOCC1)C(c1ccccc1)c1ccccc1. The van der Waals surface area contributed by atoms with Crippen molar-refractivity contribution < 1.29 is 9.64 Å². The van der Waals surface area contributed by atoms with Crippen molar-refractivity contribution in [3.8, 4) is 0 Å². The van der Waals surface area contributed by atoms with Crippen LogP contribution in [0.1, 0.15) is 23.6 Å². The van der Waals surface area contributed by atoms with Crippen molar-refractivity contribution in [3.63, 3.8) is 0 Å².